The lowest BCUT2D eigenvalue weighted by molar-refractivity contribution is -0.138. The van der Waals surface area contributed by atoms with Crippen LogP contribution in [0.1, 0.15) is 60.0 Å². The first-order chi connectivity index (χ1) is 15.0. The number of carbonyl (C=O) groups is 2. The number of amides is 2. The molecule has 1 unspecified atom stereocenters. The minimum absolute atomic E-state index is 0.0759. The van der Waals surface area contributed by atoms with E-state index in [-0.39, 0.29) is 17.7 Å². The topological polar surface area (TPSA) is 66.8 Å². The Morgan fingerprint density at radius 3 is 2.55 bits per heavy atom. The normalized spacial score (nSPS) is 32.3. The van der Waals surface area contributed by atoms with E-state index in [1.807, 2.05) is 23.1 Å². The first-order valence-corrected chi connectivity index (χ1v) is 13.7. The van der Waals surface area contributed by atoms with E-state index in [1.54, 1.807) is 0 Å². The van der Waals surface area contributed by atoms with Crippen molar-refractivity contribution in [1.29, 1.82) is 0 Å². The third-order valence-electron chi connectivity index (χ3n) is 7.62. The molecule has 1 saturated heterocycles. The third-order valence-corrected chi connectivity index (χ3v) is 9.87. The lowest BCUT2D eigenvalue weighted by atomic mass is 9.68. The van der Waals surface area contributed by atoms with Gasteiger partial charge in [-0.2, -0.15) is 4.36 Å². The molecular weight excluding hydrogens is 408 g/mol. The molecule has 1 saturated carbocycles. The molecule has 1 aliphatic heterocycles. The lowest BCUT2D eigenvalue weighted by Crippen LogP contribution is -2.43. The number of allylic oxidation sites excluding steroid dienone is 2. The molecular formula is C25H32N2O3S. The van der Waals surface area contributed by atoms with E-state index in [0.717, 1.165) is 32.1 Å². The van der Waals surface area contributed by atoms with Crippen molar-refractivity contribution in [2.75, 3.05) is 24.6 Å². The molecule has 2 amide bonds. The van der Waals surface area contributed by atoms with Gasteiger partial charge in [0.1, 0.15) is 0 Å². The summed E-state index contributed by atoms with van der Waals surface area (Å²) in [4.78, 5) is 27.9. The molecule has 1 aromatic carbocycles. The summed E-state index contributed by atoms with van der Waals surface area (Å²) in [6.45, 7) is 1.06. The van der Waals surface area contributed by atoms with Crippen molar-refractivity contribution in [3.05, 3.63) is 47.0 Å². The zero-order valence-corrected chi connectivity index (χ0v) is 18.9. The van der Waals surface area contributed by atoms with Crippen LogP contribution in [0.3, 0.4) is 0 Å². The van der Waals surface area contributed by atoms with Crippen LogP contribution in [0.25, 0.3) is 0 Å². The second-order valence-corrected chi connectivity index (χ2v) is 12.2. The molecule has 5 aliphatic rings. The number of carbonyl (C=O) groups excluding carboxylic acids is 2. The fraction of sp³-hybridized carbons (Fsp3) is 0.600. The first-order valence-electron chi connectivity index (χ1n) is 11.9. The Morgan fingerprint density at radius 1 is 0.968 bits per heavy atom. The molecule has 0 spiro atoms. The van der Waals surface area contributed by atoms with Gasteiger partial charge in [-0.3, -0.25) is 9.59 Å². The second kappa shape index (κ2) is 8.53. The van der Waals surface area contributed by atoms with Gasteiger partial charge in [0.15, 0.2) is 0 Å². The SMILES string of the molecule is O=C(N=S1(=O)CCCN(C(=O)[C@@H]2C[C@@H]3C=C[C@H]2CC3)CC1)c1ccc2c(c1)CCCC2. The van der Waals surface area contributed by atoms with E-state index >= 15 is 0 Å². The van der Waals surface area contributed by atoms with Crippen LogP contribution in [0.15, 0.2) is 34.7 Å². The summed E-state index contributed by atoms with van der Waals surface area (Å²) >= 11 is 0. The van der Waals surface area contributed by atoms with Crippen LogP contribution < -0.4 is 0 Å². The molecule has 166 valence electrons. The van der Waals surface area contributed by atoms with Gasteiger partial charge >= 0.3 is 0 Å². The number of rotatable bonds is 2. The van der Waals surface area contributed by atoms with Crippen LogP contribution in [0.2, 0.25) is 0 Å². The van der Waals surface area contributed by atoms with Crippen LogP contribution in [0.4, 0.5) is 0 Å². The number of benzene rings is 1. The van der Waals surface area contributed by atoms with Crippen molar-refractivity contribution in [2.24, 2.45) is 22.1 Å². The number of aryl methyl sites for hydroxylation is 2. The van der Waals surface area contributed by atoms with Crippen LogP contribution in [-0.4, -0.2) is 45.5 Å². The molecule has 0 aromatic heterocycles. The first kappa shape index (κ1) is 20.9. The Balaban J connectivity index is 1.28. The number of hydrogen-bond acceptors (Lipinski definition) is 3. The summed E-state index contributed by atoms with van der Waals surface area (Å²) in [6, 6.07) is 5.81. The number of nitrogens with zero attached hydrogens (tertiary/aromatic N) is 2. The smallest absolute Gasteiger partial charge is 0.285 e. The fourth-order valence-electron chi connectivity index (χ4n) is 5.78. The molecule has 2 fully saturated rings. The van der Waals surface area contributed by atoms with Gasteiger partial charge < -0.3 is 4.90 Å². The molecule has 1 aromatic rings. The molecule has 6 rings (SSSR count). The van der Waals surface area contributed by atoms with E-state index in [9.17, 15) is 13.8 Å². The predicted octanol–water partition coefficient (Wildman–Crippen LogP) is 4.01. The predicted molar refractivity (Wildman–Crippen MR) is 122 cm³/mol. The largest absolute Gasteiger partial charge is 0.341 e. The van der Waals surface area contributed by atoms with Gasteiger partial charge in [0, 0.05) is 36.1 Å². The Morgan fingerprint density at radius 2 is 1.81 bits per heavy atom. The summed E-state index contributed by atoms with van der Waals surface area (Å²) in [5.41, 5.74) is 3.10. The lowest BCUT2D eigenvalue weighted by Gasteiger charge is -2.39. The molecule has 4 aliphatic carbocycles. The van der Waals surface area contributed by atoms with E-state index in [1.165, 1.54) is 24.0 Å². The Bertz CT molecular complexity index is 1040. The molecule has 31 heavy (non-hydrogen) atoms. The summed E-state index contributed by atoms with van der Waals surface area (Å²) in [7, 11) is -2.64. The highest BCUT2D eigenvalue weighted by Crippen LogP contribution is 2.41. The second-order valence-electron chi connectivity index (χ2n) is 9.68. The van der Waals surface area contributed by atoms with Gasteiger partial charge in [0.25, 0.3) is 5.91 Å². The van der Waals surface area contributed by atoms with Crippen molar-refractivity contribution in [3.8, 4) is 0 Å². The minimum atomic E-state index is -2.64. The maximum atomic E-state index is 13.4. The molecule has 0 N–H and O–H groups in total. The monoisotopic (exact) mass is 440 g/mol. The average molecular weight is 441 g/mol. The number of hydrogen-bond donors (Lipinski definition) is 0. The maximum Gasteiger partial charge on any atom is 0.285 e. The highest BCUT2D eigenvalue weighted by Gasteiger charge is 2.38. The van der Waals surface area contributed by atoms with Gasteiger partial charge in [-0.15, -0.1) is 0 Å². The van der Waals surface area contributed by atoms with Crippen molar-refractivity contribution in [2.45, 2.75) is 51.4 Å². The highest BCUT2D eigenvalue weighted by molar-refractivity contribution is 7.93. The van der Waals surface area contributed by atoms with Gasteiger partial charge in [-0.05, 0) is 86.5 Å². The molecule has 2 bridgehead atoms. The molecule has 1 heterocycles. The van der Waals surface area contributed by atoms with Crippen LogP contribution in [0.5, 0.6) is 0 Å². The van der Waals surface area contributed by atoms with Crippen LogP contribution >= 0.6 is 0 Å². The van der Waals surface area contributed by atoms with Crippen LogP contribution in [-0.2, 0) is 27.4 Å². The summed E-state index contributed by atoms with van der Waals surface area (Å²) < 4.78 is 17.7. The standard InChI is InChI=1S/C25H32N2O3S/c28-24(22-11-10-19-4-1-2-5-21(19)17-22)26-31(30)14-3-12-27(13-15-31)25(29)23-16-18-6-8-20(23)9-7-18/h6,8,10-11,17-18,20,23H,1-5,7,9,12-16H2/t18-,20+,23-,31?/m1/s1. The molecule has 0 radical (unpaired) electrons. The summed E-state index contributed by atoms with van der Waals surface area (Å²) in [6.07, 6.45) is 12.8. The minimum Gasteiger partial charge on any atom is -0.341 e. The fourth-order valence-corrected chi connectivity index (χ4v) is 7.66. The zero-order valence-electron chi connectivity index (χ0n) is 18.1. The van der Waals surface area contributed by atoms with Crippen molar-refractivity contribution >= 4 is 21.5 Å². The maximum absolute atomic E-state index is 13.4. The third kappa shape index (κ3) is 4.36. The van der Waals surface area contributed by atoms with Gasteiger partial charge in [-0.1, -0.05) is 18.2 Å². The highest BCUT2D eigenvalue weighted by atomic mass is 32.2. The quantitative estimate of drug-likeness (QED) is 0.653. The van der Waals surface area contributed by atoms with Crippen molar-refractivity contribution in [1.82, 2.24) is 4.90 Å². The summed E-state index contributed by atoms with van der Waals surface area (Å²) in [5, 5.41) is 0. The van der Waals surface area contributed by atoms with Gasteiger partial charge in [-0.25, -0.2) is 4.21 Å². The zero-order chi connectivity index (χ0) is 21.4. The Hall–Kier alpha value is -1.95. The van der Waals surface area contributed by atoms with Gasteiger partial charge in [0.05, 0.1) is 9.73 Å². The summed E-state index contributed by atoms with van der Waals surface area (Å²) in [5.74, 6) is 1.51. The molecule has 6 heteroatoms. The van der Waals surface area contributed by atoms with Gasteiger partial charge in [0.2, 0.25) is 5.91 Å². The average Bonchev–Trinajstić information content (AvgIpc) is 3.00. The van der Waals surface area contributed by atoms with Crippen molar-refractivity contribution in [3.63, 3.8) is 0 Å². The Kier molecular flexibility index (Phi) is 5.76. The van der Waals surface area contributed by atoms with E-state index in [2.05, 4.69) is 16.5 Å². The molecule has 5 nitrogen and oxygen atoms in total. The van der Waals surface area contributed by atoms with Crippen LogP contribution in [0, 0.1) is 17.8 Å². The van der Waals surface area contributed by atoms with E-state index < -0.39 is 9.73 Å². The van der Waals surface area contributed by atoms with Crippen molar-refractivity contribution < 1.29 is 13.8 Å². The molecule has 4 atom stereocenters. The number of fused-ring (bicyclic) bond motifs is 3. The van der Waals surface area contributed by atoms with E-state index in [4.69, 9.17) is 0 Å². The van der Waals surface area contributed by atoms with E-state index in [0.29, 0.717) is 48.4 Å². The Labute approximate surface area is 185 Å².